The fourth-order valence-electron chi connectivity index (χ4n) is 2.11. The van der Waals surface area contributed by atoms with E-state index in [-0.39, 0.29) is 5.91 Å². The summed E-state index contributed by atoms with van der Waals surface area (Å²) in [7, 11) is 0. The van der Waals surface area contributed by atoms with Gasteiger partial charge in [0.15, 0.2) is 5.13 Å². The first-order valence-corrected chi connectivity index (χ1v) is 7.66. The molecule has 1 aromatic carbocycles. The molecule has 23 heavy (non-hydrogen) atoms. The van der Waals surface area contributed by atoms with Crippen molar-refractivity contribution >= 4 is 33.4 Å². The van der Waals surface area contributed by atoms with Gasteiger partial charge in [-0.05, 0) is 30.3 Å². The van der Waals surface area contributed by atoms with Crippen LogP contribution in [0.1, 0.15) is 10.4 Å². The maximum absolute atomic E-state index is 12.3. The van der Waals surface area contributed by atoms with Crippen LogP contribution < -0.4 is 5.32 Å². The highest BCUT2D eigenvalue weighted by atomic mass is 32.1. The van der Waals surface area contributed by atoms with Crippen LogP contribution in [0.4, 0.5) is 5.13 Å². The van der Waals surface area contributed by atoms with Crippen molar-refractivity contribution in [2.24, 2.45) is 0 Å². The zero-order chi connectivity index (χ0) is 15.6. The molecule has 0 atom stereocenters. The molecule has 0 bridgehead atoms. The molecule has 2 N–H and O–H groups in total. The van der Waals surface area contributed by atoms with E-state index in [1.54, 1.807) is 24.4 Å². The molecule has 0 aliphatic heterocycles. The predicted molar refractivity (Wildman–Crippen MR) is 87.2 cm³/mol. The van der Waals surface area contributed by atoms with Crippen molar-refractivity contribution in [3.05, 3.63) is 53.5 Å². The minimum Gasteiger partial charge on any atom is -0.298 e. The number of carbonyl (C=O) groups is 1. The standard InChI is InChI=1S/C15H10N6OS/c22-14(9-4-5-11-12(7-9)20-21-19-11)18-15-17-13(8-23-15)10-3-1-2-6-16-10/h1-8H,(H,17,18,22)(H,19,20,21). The lowest BCUT2D eigenvalue weighted by Crippen LogP contribution is -2.11. The fraction of sp³-hybridized carbons (Fsp3) is 0. The molecule has 0 spiro atoms. The number of thiazole rings is 1. The molecule has 3 aromatic heterocycles. The SMILES string of the molecule is O=C(Nc1nc(-c2ccccn2)cs1)c1ccc2n[nH]nc2c1. The maximum Gasteiger partial charge on any atom is 0.257 e. The largest absolute Gasteiger partial charge is 0.298 e. The number of hydrogen-bond donors (Lipinski definition) is 2. The first-order valence-electron chi connectivity index (χ1n) is 6.78. The average molecular weight is 322 g/mol. The van der Waals surface area contributed by atoms with E-state index in [9.17, 15) is 4.79 Å². The van der Waals surface area contributed by atoms with Crippen LogP contribution in [0.25, 0.3) is 22.4 Å². The van der Waals surface area contributed by atoms with E-state index >= 15 is 0 Å². The van der Waals surface area contributed by atoms with Gasteiger partial charge in [-0.1, -0.05) is 6.07 Å². The zero-order valence-corrected chi connectivity index (χ0v) is 12.5. The second-order valence-corrected chi connectivity index (χ2v) is 5.59. The van der Waals surface area contributed by atoms with E-state index in [4.69, 9.17) is 0 Å². The third-order valence-electron chi connectivity index (χ3n) is 3.23. The van der Waals surface area contributed by atoms with Crippen molar-refractivity contribution in [2.45, 2.75) is 0 Å². The molecular weight excluding hydrogens is 312 g/mol. The number of nitrogens with zero attached hydrogens (tertiary/aromatic N) is 4. The van der Waals surface area contributed by atoms with Gasteiger partial charge >= 0.3 is 0 Å². The molecule has 0 fully saturated rings. The highest BCUT2D eigenvalue weighted by Crippen LogP contribution is 2.23. The molecule has 4 aromatic rings. The Labute approximate surface area is 134 Å². The first-order chi connectivity index (χ1) is 11.3. The summed E-state index contributed by atoms with van der Waals surface area (Å²) in [4.78, 5) is 20.9. The number of fused-ring (bicyclic) bond motifs is 1. The number of benzene rings is 1. The van der Waals surface area contributed by atoms with E-state index in [0.29, 0.717) is 21.7 Å². The van der Waals surface area contributed by atoms with Gasteiger partial charge < -0.3 is 0 Å². The number of rotatable bonds is 3. The molecule has 3 heterocycles. The van der Waals surface area contributed by atoms with Crippen molar-refractivity contribution in [1.29, 1.82) is 0 Å². The van der Waals surface area contributed by atoms with Crippen LogP contribution in [0, 0.1) is 0 Å². The smallest absolute Gasteiger partial charge is 0.257 e. The number of pyridine rings is 1. The van der Waals surface area contributed by atoms with E-state index < -0.39 is 0 Å². The van der Waals surface area contributed by atoms with Crippen molar-refractivity contribution in [2.75, 3.05) is 5.32 Å². The highest BCUT2D eigenvalue weighted by Gasteiger charge is 2.11. The van der Waals surface area contributed by atoms with Gasteiger partial charge in [0, 0.05) is 17.1 Å². The Balaban J connectivity index is 1.55. The third-order valence-corrected chi connectivity index (χ3v) is 3.99. The summed E-state index contributed by atoms with van der Waals surface area (Å²) in [5.74, 6) is -0.239. The van der Waals surface area contributed by atoms with Gasteiger partial charge in [0.1, 0.15) is 16.7 Å². The molecule has 1 amide bonds. The molecule has 0 unspecified atom stereocenters. The summed E-state index contributed by atoms with van der Waals surface area (Å²) in [5.41, 5.74) is 3.37. The lowest BCUT2D eigenvalue weighted by molar-refractivity contribution is 0.102. The minimum absolute atomic E-state index is 0.239. The number of aromatic nitrogens is 5. The Kier molecular flexibility index (Phi) is 3.28. The summed E-state index contributed by atoms with van der Waals surface area (Å²) >= 11 is 1.36. The van der Waals surface area contributed by atoms with Gasteiger partial charge in [-0.15, -0.1) is 11.3 Å². The molecule has 0 aliphatic carbocycles. The van der Waals surface area contributed by atoms with Crippen molar-refractivity contribution < 1.29 is 4.79 Å². The number of hydrogen-bond acceptors (Lipinski definition) is 6. The van der Waals surface area contributed by atoms with Gasteiger partial charge in [-0.3, -0.25) is 15.1 Å². The summed E-state index contributed by atoms with van der Waals surface area (Å²) in [6, 6.07) is 10.7. The first kappa shape index (κ1) is 13.5. The second-order valence-electron chi connectivity index (χ2n) is 4.73. The van der Waals surface area contributed by atoms with Crippen LogP contribution in [0.15, 0.2) is 48.0 Å². The molecule has 0 aliphatic rings. The number of amides is 1. The number of aromatic amines is 1. The Hall–Kier alpha value is -3.13. The van der Waals surface area contributed by atoms with Crippen LogP contribution in [-0.4, -0.2) is 31.3 Å². The Bertz CT molecular complexity index is 978. The maximum atomic E-state index is 12.3. The fourth-order valence-corrected chi connectivity index (χ4v) is 2.81. The molecule has 0 saturated heterocycles. The molecule has 4 rings (SSSR count). The Morgan fingerprint density at radius 3 is 2.87 bits per heavy atom. The minimum atomic E-state index is -0.239. The quantitative estimate of drug-likeness (QED) is 0.604. The average Bonchev–Trinajstić information content (AvgIpc) is 3.24. The topological polar surface area (TPSA) is 96.5 Å². The monoisotopic (exact) mass is 322 g/mol. The predicted octanol–water partition coefficient (Wildman–Crippen LogP) is 2.73. The van der Waals surface area contributed by atoms with Crippen molar-refractivity contribution in [3.63, 3.8) is 0 Å². The van der Waals surface area contributed by atoms with E-state index in [1.807, 2.05) is 23.6 Å². The highest BCUT2D eigenvalue weighted by molar-refractivity contribution is 7.14. The van der Waals surface area contributed by atoms with E-state index in [2.05, 4.69) is 30.7 Å². The molecule has 112 valence electrons. The summed E-state index contributed by atoms with van der Waals surface area (Å²) in [6.07, 6.45) is 1.71. The van der Waals surface area contributed by atoms with Crippen molar-refractivity contribution in [3.8, 4) is 11.4 Å². The van der Waals surface area contributed by atoms with Gasteiger partial charge in [-0.25, -0.2) is 4.98 Å². The van der Waals surface area contributed by atoms with Crippen LogP contribution in [0.3, 0.4) is 0 Å². The summed E-state index contributed by atoms with van der Waals surface area (Å²) < 4.78 is 0. The van der Waals surface area contributed by atoms with Gasteiger partial charge in [0.05, 0.1) is 5.69 Å². The van der Waals surface area contributed by atoms with Gasteiger partial charge in [0.2, 0.25) is 0 Å². The molecule has 0 saturated carbocycles. The van der Waals surface area contributed by atoms with Crippen molar-refractivity contribution in [1.82, 2.24) is 25.4 Å². The van der Waals surface area contributed by atoms with Crippen LogP contribution in [-0.2, 0) is 0 Å². The zero-order valence-electron chi connectivity index (χ0n) is 11.7. The van der Waals surface area contributed by atoms with Crippen LogP contribution >= 0.6 is 11.3 Å². The van der Waals surface area contributed by atoms with E-state index in [1.165, 1.54) is 11.3 Å². The normalized spacial score (nSPS) is 10.8. The number of H-pyrrole nitrogens is 1. The second kappa shape index (κ2) is 5.58. The summed E-state index contributed by atoms with van der Waals surface area (Å²) in [6.45, 7) is 0. The lowest BCUT2D eigenvalue weighted by atomic mass is 10.2. The van der Waals surface area contributed by atoms with Crippen LogP contribution in [0.5, 0.6) is 0 Å². The van der Waals surface area contributed by atoms with Crippen LogP contribution in [0.2, 0.25) is 0 Å². The summed E-state index contributed by atoms with van der Waals surface area (Å²) in [5, 5.41) is 15.6. The lowest BCUT2D eigenvalue weighted by Gasteiger charge is -2.01. The Morgan fingerprint density at radius 1 is 1.09 bits per heavy atom. The molecule has 0 radical (unpaired) electrons. The Morgan fingerprint density at radius 2 is 2.00 bits per heavy atom. The molecular formula is C15H10N6OS. The van der Waals surface area contributed by atoms with Gasteiger partial charge in [-0.2, -0.15) is 15.4 Å². The number of anilines is 1. The molecule has 7 nitrogen and oxygen atoms in total. The number of nitrogens with one attached hydrogen (secondary N) is 2. The number of carbonyl (C=O) groups excluding carboxylic acids is 1. The van der Waals surface area contributed by atoms with Gasteiger partial charge in [0.25, 0.3) is 5.91 Å². The molecule has 8 heteroatoms. The third kappa shape index (κ3) is 2.67. The van der Waals surface area contributed by atoms with E-state index in [0.717, 1.165) is 11.4 Å².